The van der Waals surface area contributed by atoms with Crippen molar-refractivity contribution in [2.45, 2.75) is 33.1 Å². The molecule has 0 aliphatic carbocycles. The summed E-state index contributed by atoms with van der Waals surface area (Å²) in [7, 11) is 0. The van der Waals surface area contributed by atoms with E-state index in [9.17, 15) is 0 Å². The molecular weight excluding hydrogens is 122 g/mol. The normalized spacial score (nSPS) is 36.6. The molecule has 1 heteroatoms. The van der Waals surface area contributed by atoms with Gasteiger partial charge in [-0.15, -0.1) is 0 Å². The van der Waals surface area contributed by atoms with E-state index in [1.54, 1.807) is 0 Å². The van der Waals surface area contributed by atoms with Crippen molar-refractivity contribution >= 4 is 0 Å². The Labute approximate surface area is 64.2 Å². The molecule has 0 aromatic heterocycles. The Morgan fingerprint density at radius 1 is 1.00 bits per heavy atom. The summed E-state index contributed by atoms with van der Waals surface area (Å²) in [6, 6.07) is 0. The van der Waals surface area contributed by atoms with Crippen LogP contribution >= 0.6 is 0 Å². The quantitative estimate of drug-likeness (QED) is 0.544. The van der Waals surface area contributed by atoms with Crippen LogP contribution in [0.5, 0.6) is 0 Å². The highest BCUT2D eigenvalue weighted by Crippen LogP contribution is 2.14. The predicted octanol–water partition coefficient (Wildman–Crippen LogP) is 2.03. The summed E-state index contributed by atoms with van der Waals surface area (Å²) in [5.74, 6) is 1.79. The van der Waals surface area contributed by atoms with Gasteiger partial charge in [-0.3, -0.25) is 0 Å². The molecule has 1 saturated heterocycles. The molecule has 1 aliphatic rings. The zero-order valence-electron chi connectivity index (χ0n) is 7.19. The minimum atomic E-state index is 0.896. The molecule has 2 unspecified atom stereocenters. The van der Waals surface area contributed by atoms with Gasteiger partial charge in [0.1, 0.15) is 0 Å². The molecule has 1 fully saturated rings. The van der Waals surface area contributed by atoms with Crippen LogP contribution in [0.2, 0.25) is 0 Å². The fraction of sp³-hybridized carbons (Fsp3) is 1.00. The first-order valence-corrected chi connectivity index (χ1v) is 4.49. The minimum Gasteiger partial charge on any atom is -0.316 e. The van der Waals surface area contributed by atoms with E-state index in [1.165, 1.54) is 32.4 Å². The van der Waals surface area contributed by atoms with Gasteiger partial charge in [-0.05, 0) is 37.8 Å². The second kappa shape index (κ2) is 3.97. The van der Waals surface area contributed by atoms with E-state index in [0.29, 0.717) is 0 Å². The van der Waals surface area contributed by atoms with E-state index in [-0.39, 0.29) is 0 Å². The summed E-state index contributed by atoms with van der Waals surface area (Å²) in [5.41, 5.74) is 0. The van der Waals surface area contributed by atoms with Crippen LogP contribution in [0.1, 0.15) is 33.1 Å². The molecule has 1 aliphatic heterocycles. The van der Waals surface area contributed by atoms with Crippen LogP contribution < -0.4 is 5.32 Å². The van der Waals surface area contributed by atoms with Crippen molar-refractivity contribution in [2.75, 3.05) is 13.1 Å². The van der Waals surface area contributed by atoms with E-state index in [2.05, 4.69) is 19.2 Å². The third-order valence-electron chi connectivity index (χ3n) is 2.38. The maximum absolute atomic E-state index is 3.49. The zero-order chi connectivity index (χ0) is 7.40. The maximum Gasteiger partial charge on any atom is -0.00230 e. The molecule has 1 nitrogen and oxygen atoms in total. The number of nitrogens with one attached hydrogen (secondary N) is 1. The SMILES string of the molecule is CC1CCCC(C)CNC1. The van der Waals surface area contributed by atoms with Gasteiger partial charge in [-0.2, -0.15) is 0 Å². The predicted molar refractivity (Wildman–Crippen MR) is 45.0 cm³/mol. The van der Waals surface area contributed by atoms with Crippen LogP contribution in [-0.4, -0.2) is 13.1 Å². The standard InChI is InChI=1S/C9H19N/c1-8-4-3-5-9(2)7-10-6-8/h8-10H,3-7H2,1-2H3. The molecule has 1 heterocycles. The van der Waals surface area contributed by atoms with Gasteiger partial charge in [0, 0.05) is 0 Å². The third-order valence-corrected chi connectivity index (χ3v) is 2.38. The fourth-order valence-electron chi connectivity index (χ4n) is 1.60. The lowest BCUT2D eigenvalue weighted by Crippen LogP contribution is -2.28. The molecule has 0 spiro atoms. The molecular formula is C9H19N. The summed E-state index contributed by atoms with van der Waals surface area (Å²) in [6.45, 7) is 7.13. The van der Waals surface area contributed by atoms with Crippen LogP contribution in [-0.2, 0) is 0 Å². The number of rotatable bonds is 0. The molecule has 0 saturated carbocycles. The molecule has 0 radical (unpaired) electrons. The lowest BCUT2D eigenvalue weighted by Gasteiger charge is -2.20. The Hall–Kier alpha value is -0.0400. The largest absolute Gasteiger partial charge is 0.316 e. The highest BCUT2D eigenvalue weighted by molar-refractivity contribution is 4.65. The van der Waals surface area contributed by atoms with Crippen molar-refractivity contribution in [2.24, 2.45) is 11.8 Å². The maximum atomic E-state index is 3.49. The molecule has 0 bridgehead atoms. The first kappa shape index (κ1) is 8.06. The Kier molecular flexibility index (Phi) is 3.20. The molecule has 0 aromatic carbocycles. The monoisotopic (exact) mass is 141 g/mol. The second-order valence-electron chi connectivity index (χ2n) is 3.80. The third kappa shape index (κ3) is 2.70. The van der Waals surface area contributed by atoms with E-state index >= 15 is 0 Å². The van der Waals surface area contributed by atoms with Crippen molar-refractivity contribution in [3.63, 3.8) is 0 Å². The topological polar surface area (TPSA) is 12.0 Å². The van der Waals surface area contributed by atoms with Crippen molar-refractivity contribution in [1.82, 2.24) is 5.32 Å². The Bertz CT molecular complexity index is 70.7. The highest BCUT2D eigenvalue weighted by Gasteiger charge is 2.09. The molecule has 0 aromatic rings. The van der Waals surface area contributed by atoms with Gasteiger partial charge in [0.25, 0.3) is 0 Å². The smallest absolute Gasteiger partial charge is 0.00230 e. The van der Waals surface area contributed by atoms with Crippen molar-refractivity contribution in [1.29, 1.82) is 0 Å². The first-order valence-electron chi connectivity index (χ1n) is 4.49. The van der Waals surface area contributed by atoms with Crippen LogP contribution in [0.25, 0.3) is 0 Å². The summed E-state index contributed by atoms with van der Waals surface area (Å²) in [4.78, 5) is 0. The van der Waals surface area contributed by atoms with Crippen LogP contribution in [0.15, 0.2) is 0 Å². The lowest BCUT2D eigenvalue weighted by atomic mass is 9.96. The van der Waals surface area contributed by atoms with Crippen molar-refractivity contribution < 1.29 is 0 Å². The first-order chi connectivity index (χ1) is 4.79. The van der Waals surface area contributed by atoms with Gasteiger partial charge >= 0.3 is 0 Å². The van der Waals surface area contributed by atoms with Gasteiger partial charge in [0.15, 0.2) is 0 Å². The average Bonchev–Trinajstić information content (AvgIpc) is 1.84. The van der Waals surface area contributed by atoms with Crippen molar-refractivity contribution in [3.8, 4) is 0 Å². The van der Waals surface area contributed by atoms with Gasteiger partial charge in [-0.1, -0.05) is 20.3 Å². The average molecular weight is 141 g/mol. The molecule has 1 N–H and O–H groups in total. The van der Waals surface area contributed by atoms with Crippen LogP contribution in [0.3, 0.4) is 0 Å². The molecule has 1 rings (SSSR count). The summed E-state index contributed by atoms with van der Waals surface area (Å²) in [6.07, 6.45) is 4.26. The summed E-state index contributed by atoms with van der Waals surface area (Å²) in [5, 5.41) is 3.49. The Balaban J connectivity index is 2.21. The zero-order valence-corrected chi connectivity index (χ0v) is 7.19. The molecule has 0 amide bonds. The lowest BCUT2D eigenvalue weighted by molar-refractivity contribution is 0.363. The summed E-state index contributed by atoms with van der Waals surface area (Å²) < 4.78 is 0. The molecule has 10 heavy (non-hydrogen) atoms. The Morgan fingerprint density at radius 3 is 2.00 bits per heavy atom. The van der Waals surface area contributed by atoms with Crippen LogP contribution in [0, 0.1) is 11.8 Å². The van der Waals surface area contributed by atoms with Gasteiger partial charge < -0.3 is 5.32 Å². The number of hydrogen-bond donors (Lipinski definition) is 1. The Morgan fingerprint density at radius 2 is 1.50 bits per heavy atom. The molecule has 2 atom stereocenters. The second-order valence-corrected chi connectivity index (χ2v) is 3.80. The van der Waals surface area contributed by atoms with Gasteiger partial charge in [0.2, 0.25) is 0 Å². The van der Waals surface area contributed by atoms with E-state index < -0.39 is 0 Å². The highest BCUT2D eigenvalue weighted by atomic mass is 14.9. The van der Waals surface area contributed by atoms with Gasteiger partial charge in [0.05, 0.1) is 0 Å². The van der Waals surface area contributed by atoms with Gasteiger partial charge in [-0.25, -0.2) is 0 Å². The van der Waals surface area contributed by atoms with E-state index in [4.69, 9.17) is 0 Å². The fourth-order valence-corrected chi connectivity index (χ4v) is 1.60. The van der Waals surface area contributed by atoms with Crippen molar-refractivity contribution in [3.05, 3.63) is 0 Å². The number of hydrogen-bond acceptors (Lipinski definition) is 1. The van der Waals surface area contributed by atoms with E-state index in [1.807, 2.05) is 0 Å². The van der Waals surface area contributed by atoms with E-state index in [0.717, 1.165) is 11.8 Å². The summed E-state index contributed by atoms with van der Waals surface area (Å²) >= 11 is 0. The molecule has 60 valence electrons. The minimum absolute atomic E-state index is 0.896. The van der Waals surface area contributed by atoms with Crippen LogP contribution in [0.4, 0.5) is 0 Å².